The van der Waals surface area contributed by atoms with Crippen molar-refractivity contribution in [1.82, 2.24) is 4.31 Å². The molecule has 0 bridgehead atoms. The molecule has 8 heteroatoms. The summed E-state index contributed by atoms with van der Waals surface area (Å²) in [6.07, 6.45) is -0.507. The van der Waals surface area contributed by atoms with E-state index in [-0.39, 0.29) is 29.8 Å². The van der Waals surface area contributed by atoms with Crippen molar-refractivity contribution in [3.63, 3.8) is 0 Å². The molecular formula is C20H30ClN3O3S. The quantitative estimate of drug-likeness (QED) is 0.532. The number of sulfonamides is 1. The van der Waals surface area contributed by atoms with Crippen LogP contribution in [0.2, 0.25) is 0 Å². The van der Waals surface area contributed by atoms with Crippen molar-refractivity contribution in [2.45, 2.75) is 37.3 Å². The lowest BCUT2D eigenvalue weighted by molar-refractivity contribution is 0.116. The van der Waals surface area contributed by atoms with Gasteiger partial charge in [-0.05, 0) is 42.2 Å². The third-order valence-corrected chi connectivity index (χ3v) is 6.13. The second-order valence-electron chi connectivity index (χ2n) is 7.21. The predicted octanol–water partition coefficient (Wildman–Crippen LogP) is 2.27. The van der Waals surface area contributed by atoms with Crippen molar-refractivity contribution in [2.24, 2.45) is 11.7 Å². The van der Waals surface area contributed by atoms with Crippen LogP contribution >= 0.6 is 12.4 Å². The van der Waals surface area contributed by atoms with Crippen molar-refractivity contribution in [2.75, 3.05) is 18.8 Å². The molecular weight excluding hydrogens is 398 g/mol. The van der Waals surface area contributed by atoms with Gasteiger partial charge in [0.1, 0.15) is 0 Å². The van der Waals surface area contributed by atoms with Crippen molar-refractivity contribution >= 4 is 28.1 Å². The summed E-state index contributed by atoms with van der Waals surface area (Å²) in [6.45, 7) is 4.10. The lowest BCUT2D eigenvalue weighted by Crippen LogP contribution is -2.47. The summed E-state index contributed by atoms with van der Waals surface area (Å²) in [5.41, 5.74) is 13.3. The number of rotatable bonds is 9. The van der Waals surface area contributed by atoms with Crippen LogP contribution in [-0.4, -0.2) is 43.1 Å². The van der Waals surface area contributed by atoms with Crippen LogP contribution in [0.15, 0.2) is 59.5 Å². The first-order chi connectivity index (χ1) is 12.7. The maximum atomic E-state index is 13.0. The van der Waals surface area contributed by atoms with Crippen LogP contribution in [0.1, 0.15) is 19.4 Å². The highest BCUT2D eigenvalue weighted by atomic mass is 35.5. The summed E-state index contributed by atoms with van der Waals surface area (Å²) in [5.74, 6) is 0.103. The SMILES string of the molecule is CC(C)CN(C[C@@H](O)[C@@H](N)Cc1ccccc1)S(=O)(=O)c1ccc(N)cc1.Cl. The maximum Gasteiger partial charge on any atom is 0.243 e. The van der Waals surface area contributed by atoms with Crippen LogP contribution in [0.3, 0.4) is 0 Å². The van der Waals surface area contributed by atoms with Gasteiger partial charge >= 0.3 is 0 Å². The standard InChI is InChI=1S/C20H29N3O3S.ClH/c1-15(2)13-23(27(25,26)18-10-8-17(21)9-11-18)14-20(24)19(22)12-16-6-4-3-5-7-16;/h3-11,15,19-20,24H,12-14,21-22H2,1-2H3;1H/t19-,20+;/m0./s1. The summed E-state index contributed by atoms with van der Waals surface area (Å²) in [5, 5.41) is 10.6. The van der Waals surface area contributed by atoms with Gasteiger partial charge in [0.15, 0.2) is 0 Å². The van der Waals surface area contributed by atoms with Gasteiger partial charge in [-0.2, -0.15) is 4.31 Å². The van der Waals surface area contributed by atoms with E-state index in [9.17, 15) is 13.5 Å². The lowest BCUT2D eigenvalue weighted by atomic mass is 10.0. The average Bonchev–Trinajstić information content (AvgIpc) is 2.62. The van der Waals surface area contributed by atoms with E-state index in [1.54, 1.807) is 12.1 Å². The highest BCUT2D eigenvalue weighted by Gasteiger charge is 2.29. The van der Waals surface area contributed by atoms with E-state index in [1.807, 2.05) is 44.2 Å². The largest absolute Gasteiger partial charge is 0.399 e. The molecule has 28 heavy (non-hydrogen) atoms. The van der Waals surface area contributed by atoms with E-state index in [4.69, 9.17) is 11.5 Å². The summed E-state index contributed by atoms with van der Waals surface area (Å²) < 4.78 is 27.4. The van der Waals surface area contributed by atoms with Gasteiger partial charge in [0.2, 0.25) is 10.0 Å². The fraction of sp³-hybridized carbons (Fsp3) is 0.400. The molecule has 0 aliphatic rings. The van der Waals surface area contributed by atoms with Gasteiger partial charge in [-0.3, -0.25) is 0 Å². The minimum absolute atomic E-state index is 0. The Morgan fingerprint density at radius 3 is 2.11 bits per heavy atom. The fourth-order valence-electron chi connectivity index (χ4n) is 2.83. The molecule has 0 amide bonds. The smallest absolute Gasteiger partial charge is 0.243 e. The van der Waals surface area contributed by atoms with E-state index >= 15 is 0 Å². The number of nitrogen functional groups attached to an aromatic ring is 1. The Morgan fingerprint density at radius 2 is 1.57 bits per heavy atom. The van der Waals surface area contributed by atoms with Gasteiger partial charge in [-0.1, -0.05) is 44.2 Å². The molecule has 5 N–H and O–H groups in total. The second kappa shape index (κ2) is 10.8. The molecule has 0 heterocycles. The molecule has 0 aliphatic carbocycles. The Balaban J connectivity index is 0.00000392. The van der Waals surface area contributed by atoms with Crippen molar-refractivity contribution in [3.05, 3.63) is 60.2 Å². The van der Waals surface area contributed by atoms with E-state index in [0.717, 1.165) is 5.56 Å². The number of halogens is 1. The van der Waals surface area contributed by atoms with E-state index in [2.05, 4.69) is 0 Å². The zero-order chi connectivity index (χ0) is 20.0. The molecule has 0 spiro atoms. The van der Waals surface area contributed by atoms with E-state index < -0.39 is 22.2 Å². The predicted molar refractivity (Wildman–Crippen MR) is 116 cm³/mol. The monoisotopic (exact) mass is 427 g/mol. The van der Waals surface area contributed by atoms with Crippen molar-refractivity contribution in [1.29, 1.82) is 0 Å². The van der Waals surface area contributed by atoms with Gasteiger partial charge in [-0.15, -0.1) is 12.4 Å². The van der Waals surface area contributed by atoms with Crippen molar-refractivity contribution in [3.8, 4) is 0 Å². The summed E-state index contributed by atoms with van der Waals surface area (Å²) in [7, 11) is -3.75. The number of hydrogen-bond acceptors (Lipinski definition) is 5. The van der Waals surface area contributed by atoms with Crippen LogP contribution < -0.4 is 11.5 Å². The molecule has 6 nitrogen and oxygen atoms in total. The van der Waals surface area contributed by atoms with Gasteiger partial charge < -0.3 is 16.6 Å². The third kappa shape index (κ3) is 6.76. The Morgan fingerprint density at radius 1 is 1.00 bits per heavy atom. The normalized spacial score (nSPS) is 13.9. The van der Waals surface area contributed by atoms with E-state index in [1.165, 1.54) is 16.4 Å². The number of anilines is 1. The molecule has 2 aromatic carbocycles. The first-order valence-corrected chi connectivity index (χ1v) is 10.5. The first-order valence-electron chi connectivity index (χ1n) is 9.03. The number of benzene rings is 2. The van der Waals surface area contributed by atoms with Gasteiger partial charge in [0.25, 0.3) is 0 Å². The van der Waals surface area contributed by atoms with Crippen LogP contribution in [-0.2, 0) is 16.4 Å². The number of nitrogens with two attached hydrogens (primary N) is 2. The number of nitrogens with zero attached hydrogens (tertiary/aromatic N) is 1. The molecule has 0 aromatic heterocycles. The Hall–Kier alpha value is -1.64. The molecule has 0 aliphatic heterocycles. The molecule has 0 fully saturated rings. The molecule has 0 saturated carbocycles. The summed E-state index contributed by atoms with van der Waals surface area (Å²) in [6, 6.07) is 15.1. The Labute approximate surface area is 174 Å². The van der Waals surface area contributed by atoms with Gasteiger partial charge in [0.05, 0.1) is 11.0 Å². The molecule has 156 valence electrons. The van der Waals surface area contributed by atoms with E-state index in [0.29, 0.717) is 18.7 Å². The maximum absolute atomic E-state index is 13.0. The van der Waals surface area contributed by atoms with Crippen LogP contribution in [0, 0.1) is 5.92 Å². The molecule has 0 radical (unpaired) electrons. The Bertz CT molecular complexity index is 814. The third-order valence-electron chi connectivity index (χ3n) is 4.29. The van der Waals surface area contributed by atoms with Crippen LogP contribution in [0.4, 0.5) is 5.69 Å². The number of aliphatic hydroxyl groups is 1. The minimum atomic E-state index is -3.75. The fourth-order valence-corrected chi connectivity index (χ4v) is 4.45. The van der Waals surface area contributed by atoms with Crippen LogP contribution in [0.5, 0.6) is 0 Å². The zero-order valence-electron chi connectivity index (χ0n) is 16.2. The topological polar surface area (TPSA) is 110 Å². The molecule has 2 atom stereocenters. The number of aliphatic hydroxyl groups excluding tert-OH is 1. The zero-order valence-corrected chi connectivity index (χ0v) is 17.9. The molecule has 0 unspecified atom stereocenters. The number of hydrogen-bond donors (Lipinski definition) is 3. The first kappa shape index (κ1) is 24.4. The summed E-state index contributed by atoms with van der Waals surface area (Å²) in [4.78, 5) is 0.154. The van der Waals surface area contributed by atoms with Crippen molar-refractivity contribution < 1.29 is 13.5 Å². The van der Waals surface area contributed by atoms with Crippen LogP contribution in [0.25, 0.3) is 0 Å². The lowest BCUT2D eigenvalue weighted by Gasteiger charge is -2.28. The summed E-state index contributed by atoms with van der Waals surface area (Å²) >= 11 is 0. The molecule has 0 saturated heterocycles. The molecule has 2 aromatic rings. The molecule has 2 rings (SSSR count). The van der Waals surface area contributed by atoms with Gasteiger partial charge in [0, 0.05) is 24.8 Å². The average molecular weight is 428 g/mol. The second-order valence-corrected chi connectivity index (χ2v) is 9.14. The van der Waals surface area contributed by atoms with Gasteiger partial charge in [-0.25, -0.2) is 8.42 Å². The minimum Gasteiger partial charge on any atom is -0.399 e. The highest BCUT2D eigenvalue weighted by Crippen LogP contribution is 2.19. The highest BCUT2D eigenvalue weighted by molar-refractivity contribution is 7.89. The Kier molecular flexibility index (Phi) is 9.39.